The summed E-state index contributed by atoms with van der Waals surface area (Å²) >= 11 is 1.66. The largest absolute Gasteiger partial charge is 0.355 e. The van der Waals surface area contributed by atoms with Crippen LogP contribution in [0, 0.1) is 0 Å². The maximum atomic E-state index is 11.8. The number of carbonyl (C=O) groups excluding carboxylic acids is 1. The molecule has 1 amide bonds. The first-order valence-corrected chi connectivity index (χ1v) is 8.87. The molecule has 0 atom stereocenters. The Bertz CT molecular complexity index is 617. The van der Waals surface area contributed by atoms with E-state index >= 15 is 0 Å². The predicted molar refractivity (Wildman–Crippen MR) is 96.7 cm³/mol. The van der Waals surface area contributed by atoms with Crippen LogP contribution in [0.4, 0.5) is 0 Å². The number of rotatable bonds is 7. The zero-order valence-corrected chi connectivity index (χ0v) is 14.9. The first-order chi connectivity index (χ1) is 10.9. The summed E-state index contributed by atoms with van der Waals surface area (Å²) in [6.45, 7) is 7.78. The average Bonchev–Trinajstić information content (AvgIpc) is 2.93. The quantitative estimate of drug-likeness (QED) is 0.848. The third-order valence-electron chi connectivity index (χ3n) is 3.30. The highest BCUT2D eigenvalue weighted by molar-refractivity contribution is 8.01. The van der Waals surface area contributed by atoms with Crippen LogP contribution in [-0.4, -0.2) is 32.5 Å². The molecule has 2 aromatic rings. The van der Waals surface area contributed by atoms with Gasteiger partial charge in [0, 0.05) is 36.7 Å². The molecule has 0 aliphatic heterocycles. The van der Waals surface area contributed by atoms with Crippen LogP contribution in [0.2, 0.25) is 0 Å². The third-order valence-corrected chi connectivity index (χ3v) is 4.58. The van der Waals surface area contributed by atoms with Gasteiger partial charge in [0.15, 0.2) is 0 Å². The van der Waals surface area contributed by atoms with Gasteiger partial charge in [0.25, 0.3) is 0 Å². The number of hydrogen-bond acceptors (Lipinski definition) is 3. The fourth-order valence-corrected chi connectivity index (χ4v) is 2.81. The van der Waals surface area contributed by atoms with E-state index in [1.54, 1.807) is 11.8 Å². The number of carbonyl (C=O) groups is 1. The molecule has 0 saturated heterocycles. The number of hydrogen-bond donors (Lipinski definition) is 1. The number of nitrogens with zero attached hydrogens (tertiary/aromatic N) is 2. The topological polar surface area (TPSA) is 46.9 Å². The van der Waals surface area contributed by atoms with Crippen molar-refractivity contribution in [1.29, 1.82) is 0 Å². The van der Waals surface area contributed by atoms with Crippen molar-refractivity contribution in [2.75, 3.05) is 12.3 Å². The molecular formula is C18H25N3OS. The normalized spacial score (nSPS) is 11.4. The monoisotopic (exact) mass is 331 g/mol. The lowest BCUT2D eigenvalue weighted by Gasteiger charge is -2.17. The van der Waals surface area contributed by atoms with Crippen LogP contribution < -0.4 is 5.32 Å². The molecule has 1 aromatic carbocycles. The van der Waals surface area contributed by atoms with Gasteiger partial charge in [-0.2, -0.15) is 0 Å². The van der Waals surface area contributed by atoms with Gasteiger partial charge in [0.05, 0.1) is 5.75 Å². The molecule has 1 aromatic heterocycles. The second kappa shape index (κ2) is 8.20. The summed E-state index contributed by atoms with van der Waals surface area (Å²) in [5.74, 6) is 1.59. The van der Waals surface area contributed by atoms with E-state index in [0.29, 0.717) is 12.3 Å². The molecule has 0 aliphatic carbocycles. The molecule has 5 heteroatoms. The second-order valence-electron chi connectivity index (χ2n) is 6.46. The van der Waals surface area contributed by atoms with Gasteiger partial charge in [0.2, 0.25) is 5.91 Å². The van der Waals surface area contributed by atoms with E-state index in [-0.39, 0.29) is 10.7 Å². The van der Waals surface area contributed by atoms with Gasteiger partial charge in [-0.25, -0.2) is 4.98 Å². The molecule has 1 heterocycles. The summed E-state index contributed by atoms with van der Waals surface area (Å²) < 4.78 is 2.24. The maximum absolute atomic E-state index is 11.8. The first kappa shape index (κ1) is 17.6. The van der Waals surface area contributed by atoms with E-state index in [2.05, 4.69) is 47.8 Å². The van der Waals surface area contributed by atoms with Crippen LogP contribution in [0.25, 0.3) is 0 Å². The van der Waals surface area contributed by atoms with E-state index in [9.17, 15) is 4.79 Å². The molecule has 23 heavy (non-hydrogen) atoms. The van der Waals surface area contributed by atoms with E-state index in [0.717, 1.165) is 18.8 Å². The highest BCUT2D eigenvalue weighted by Gasteiger charge is 2.13. The highest BCUT2D eigenvalue weighted by atomic mass is 32.2. The zero-order valence-electron chi connectivity index (χ0n) is 14.1. The van der Waals surface area contributed by atoms with Gasteiger partial charge < -0.3 is 9.88 Å². The van der Waals surface area contributed by atoms with Crippen LogP contribution in [0.1, 0.15) is 32.2 Å². The molecule has 124 valence electrons. The second-order valence-corrected chi connectivity index (χ2v) is 8.26. The zero-order chi connectivity index (χ0) is 16.7. The molecule has 0 saturated carbocycles. The van der Waals surface area contributed by atoms with Crippen molar-refractivity contribution >= 4 is 17.7 Å². The van der Waals surface area contributed by atoms with E-state index in [4.69, 9.17) is 0 Å². The predicted octanol–water partition coefficient (Wildman–Crippen LogP) is 3.12. The summed E-state index contributed by atoms with van der Waals surface area (Å²) in [6, 6.07) is 10.3. The van der Waals surface area contributed by atoms with E-state index in [1.165, 1.54) is 5.56 Å². The standard InChI is InChI=1S/C18H25N3OS/c1-18(2,3)23-14-17(22)20-10-9-16-19-11-12-21(16)13-15-7-5-4-6-8-15/h4-8,11-12H,9-10,13-14H2,1-3H3,(H,20,22). The Labute approximate surface area is 142 Å². The Hall–Kier alpha value is -1.75. The van der Waals surface area contributed by atoms with Crippen molar-refractivity contribution in [2.45, 2.75) is 38.5 Å². The van der Waals surface area contributed by atoms with Gasteiger partial charge in [0.1, 0.15) is 5.82 Å². The molecular weight excluding hydrogens is 306 g/mol. The number of benzene rings is 1. The average molecular weight is 331 g/mol. The Balaban J connectivity index is 1.78. The van der Waals surface area contributed by atoms with Gasteiger partial charge in [-0.05, 0) is 5.56 Å². The smallest absolute Gasteiger partial charge is 0.230 e. The lowest BCUT2D eigenvalue weighted by molar-refractivity contribution is -0.118. The molecule has 1 N–H and O–H groups in total. The molecule has 0 unspecified atom stereocenters. The maximum Gasteiger partial charge on any atom is 0.230 e. The van der Waals surface area contributed by atoms with E-state index in [1.807, 2.05) is 30.6 Å². The van der Waals surface area contributed by atoms with Gasteiger partial charge in [-0.3, -0.25) is 4.79 Å². The number of amides is 1. The van der Waals surface area contributed by atoms with Crippen LogP contribution in [0.15, 0.2) is 42.7 Å². The number of aromatic nitrogens is 2. The highest BCUT2D eigenvalue weighted by Crippen LogP contribution is 2.22. The summed E-state index contributed by atoms with van der Waals surface area (Å²) in [7, 11) is 0. The number of nitrogens with one attached hydrogen (secondary N) is 1. The lowest BCUT2D eigenvalue weighted by atomic mass is 10.2. The lowest BCUT2D eigenvalue weighted by Crippen LogP contribution is -2.29. The number of imidazole rings is 1. The minimum absolute atomic E-state index is 0.0890. The van der Waals surface area contributed by atoms with Gasteiger partial charge in [-0.15, -0.1) is 11.8 Å². The molecule has 2 rings (SSSR count). The van der Waals surface area contributed by atoms with Crippen LogP contribution in [0.3, 0.4) is 0 Å². The molecule has 0 spiro atoms. The van der Waals surface area contributed by atoms with E-state index < -0.39 is 0 Å². The first-order valence-electron chi connectivity index (χ1n) is 7.88. The molecule has 0 aliphatic rings. The minimum atomic E-state index is 0.0890. The molecule has 0 radical (unpaired) electrons. The molecule has 0 bridgehead atoms. The van der Waals surface area contributed by atoms with Crippen molar-refractivity contribution in [3.05, 3.63) is 54.1 Å². The van der Waals surface area contributed by atoms with Gasteiger partial charge in [-0.1, -0.05) is 51.1 Å². The van der Waals surface area contributed by atoms with Crippen LogP contribution in [-0.2, 0) is 17.8 Å². The summed E-state index contributed by atoms with van der Waals surface area (Å²) in [4.78, 5) is 16.2. The Kier molecular flexibility index (Phi) is 6.28. The van der Waals surface area contributed by atoms with Crippen molar-refractivity contribution in [3.8, 4) is 0 Å². The van der Waals surface area contributed by atoms with Crippen molar-refractivity contribution in [2.24, 2.45) is 0 Å². The molecule has 4 nitrogen and oxygen atoms in total. The SMILES string of the molecule is CC(C)(C)SCC(=O)NCCc1nccn1Cc1ccccc1. The van der Waals surface area contributed by atoms with Crippen LogP contribution in [0.5, 0.6) is 0 Å². The summed E-state index contributed by atoms with van der Waals surface area (Å²) in [5, 5.41) is 2.97. The minimum Gasteiger partial charge on any atom is -0.355 e. The Morgan fingerprint density at radius 1 is 1.26 bits per heavy atom. The third kappa shape index (κ3) is 6.48. The summed E-state index contributed by atoms with van der Waals surface area (Å²) in [5.41, 5.74) is 1.25. The summed E-state index contributed by atoms with van der Waals surface area (Å²) in [6.07, 6.45) is 4.54. The van der Waals surface area contributed by atoms with Crippen molar-refractivity contribution < 1.29 is 4.79 Å². The number of thioether (sulfide) groups is 1. The molecule has 0 fully saturated rings. The fraction of sp³-hybridized carbons (Fsp3) is 0.444. The van der Waals surface area contributed by atoms with Gasteiger partial charge >= 0.3 is 0 Å². The van der Waals surface area contributed by atoms with Crippen molar-refractivity contribution in [1.82, 2.24) is 14.9 Å². The Morgan fingerprint density at radius 2 is 2.00 bits per heavy atom. The van der Waals surface area contributed by atoms with Crippen molar-refractivity contribution in [3.63, 3.8) is 0 Å². The van der Waals surface area contributed by atoms with Crippen LogP contribution >= 0.6 is 11.8 Å². The Morgan fingerprint density at radius 3 is 2.70 bits per heavy atom. The fourth-order valence-electron chi connectivity index (χ4n) is 2.14.